The molecule has 0 bridgehead atoms. The minimum atomic E-state index is -2.90. The molecule has 0 spiro atoms. The maximum Gasteiger partial charge on any atom is 0.387 e. The van der Waals surface area contributed by atoms with E-state index < -0.39 is 12.4 Å². The van der Waals surface area contributed by atoms with Crippen molar-refractivity contribution in [2.75, 3.05) is 5.32 Å². The van der Waals surface area contributed by atoms with Crippen LogP contribution in [0.1, 0.15) is 12.3 Å². The van der Waals surface area contributed by atoms with E-state index in [-0.39, 0.29) is 30.3 Å². The smallest absolute Gasteiger partial charge is 0.387 e. The van der Waals surface area contributed by atoms with Gasteiger partial charge < -0.3 is 14.5 Å². The first kappa shape index (κ1) is 18.5. The van der Waals surface area contributed by atoms with E-state index in [0.717, 1.165) is 0 Å². The number of carbonyl (C=O) groups is 1. The summed E-state index contributed by atoms with van der Waals surface area (Å²) in [7, 11) is 0. The average Bonchev–Trinajstić information content (AvgIpc) is 3.10. The van der Waals surface area contributed by atoms with Crippen molar-refractivity contribution in [1.29, 1.82) is 0 Å². The lowest BCUT2D eigenvalue weighted by Gasteiger charge is -2.07. The molecule has 27 heavy (non-hydrogen) atoms. The van der Waals surface area contributed by atoms with Crippen molar-refractivity contribution in [3.63, 3.8) is 0 Å². The fourth-order valence-corrected chi connectivity index (χ4v) is 2.38. The Hall–Kier alpha value is -3.29. The highest BCUT2D eigenvalue weighted by atomic mass is 19.3. The number of hydrogen-bond donors (Lipinski definition) is 1. The molecule has 1 aromatic heterocycles. The van der Waals surface area contributed by atoms with Gasteiger partial charge in [0.25, 0.3) is 0 Å². The third-order valence-electron chi connectivity index (χ3n) is 3.62. The van der Waals surface area contributed by atoms with Crippen LogP contribution in [0.5, 0.6) is 5.75 Å². The van der Waals surface area contributed by atoms with Crippen LogP contribution in [-0.2, 0) is 11.2 Å². The van der Waals surface area contributed by atoms with E-state index in [9.17, 15) is 18.0 Å². The predicted molar refractivity (Wildman–Crippen MR) is 91.9 cm³/mol. The van der Waals surface area contributed by atoms with Gasteiger partial charge in [-0.05, 0) is 36.4 Å². The van der Waals surface area contributed by atoms with Gasteiger partial charge in [-0.3, -0.25) is 4.79 Å². The van der Waals surface area contributed by atoms with E-state index in [1.54, 1.807) is 18.2 Å². The first-order valence-electron chi connectivity index (χ1n) is 8.05. The molecule has 0 unspecified atom stereocenters. The zero-order valence-electron chi connectivity index (χ0n) is 14.0. The molecule has 1 heterocycles. The number of aromatic nitrogens is 1. The minimum absolute atomic E-state index is 0.00320. The summed E-state index contributed by atoms with van der Waals surface area (Å²) < 4.78 is 47.7. The van der Waals surface area contributed by atoms with E-state index in [4.69, 9.17) is 4.42 Å². The van der Waals surface area contributed by atoms with Crippen molar-refractivity contribution in [1.82, 2.24) is 4.98 Å². The van der Waals surface area contributed by atoms with Crippen LogP contribution in [0.2, 0.25) is 0 Å². The van der Waals surface area contributed by atoms with Gasteiger partial charge in [-0.15, -0.1) is 0 Å². The number of nitrogens with zero attached hydrogens (tertiary/aromatic N) is 1. The summed E-state index contributed by atoms with van der Waals surface area (Å²) in [4.78, 5) is 16.0. The number of aryl methyl sites for hydroxylation is 1. The number of halogens is 3. The number of alkyl halides is 2. The summed E-state index contributed by atoms with van der Waals surface area (Å²) in [5, 5.41) is 2.63. The lowest BCUT2D eigenvalue weighted by atomic mass is 10.2. The molecule has 0 radical (unpaired) electrons. The van der Waals surface area contributed by atoms with Gasteiger partial charge in [-0.1, -0.05) is 12.1 Å². The molecule has 1 N–H and O–H groups in total. The van der Waals surface area contributed by atoms with Gasteiger partial charge in [-0.2, -0.15) is 8.78 Å². The van der Waals surface area contributed by atoms with Crippen LogP contribution in [-0.4, -0.2) is 17.5 Å². The van der Waals surface area contributed by atoms with Crippen molar-refractivity contribution < 1.29 is 27.1 Å². The maximum absolute atomic E-state index is 13.7. The molecule has 1 amide bonds. The molecule has 2 aromatic carbocycles. The summed E-state index contributed by atoms with van der Waals surface area (Å²) in [6.07, 6.45) is 1.73. The Kier molecular flexibility index (Phi) is 5.75. The van der Waals surface area contributed by atoms with E-state index in [1.807, 2.05) is 0 Å². The van der Waals surface area contributed by atoms with Crippen molar-refractivity contribution >= 4 is 11.6 Å². The molecule has 0 saturated heterocycles. The molecular formula is C19H15F3N2O3. The van der Waals surface area contributed by atoms with E-state index >= 15 is 0 Å². The zero-order chi connectivity index (χ0) is 19.2. The third-order valence-corrected chi connectivity index (χ3v) is 3.62. The summed E-state index contributed by atoms with van der Waals surface area (Å²) >= 11 is 0. The summed E-state index contributed by atoms with van der Waals surface area (Å²) in [5.41, 5.74) is 0.743. The van der Waals surface area contributed by atoms with Gasteiger partial charge in [0.05, 0.1) is 11.8 Å². The summed E-state index contributed by atoms with van der Waals surface area (Å²) in [6.45, 7) is -2.90. The van der Waals surface area contributed by atoms with Gasteiger partial charge >= 0.3 is 6.61 Å². The third kappa shape index (κ3) is 5.10. The molecule has 0 saturated carbocycles. The van der Waals surface area contributed by atoms with E-state index in [1.165, 1.54) is 36.5 Å². The van der Waals surface area contributed by atoms with Crippen LogP contribution in [0.4, 0.5) is 18.9 Å². The molecule has 5 nitrogen and oxygen atoms in total. The highest BCUT2D eigenvalue weighted by Crippen LogP contribution is 2.23. The van der Waals surface area contributed by atoms with Crippen molar-refractivity contribution in [3.8, 4) is 17.1 Å². The monoisotopic (exact) mass is 376 g/mol. The Morgan fingerprint density at radius 3 is 2.59 bits per heavy atom. The maximum atomic E-state index is 13.7. The van der Waals surface area contributed by atoms with Gasteiger partial charge in [0.15, 0.2) is 11.7 Å². The van der Waals surface area contributed by atoms with Crippen LogP contribution in [0.15, 0.2) is 59.1 Å². The largest absolute Gasteiger partial charge is 0.441 e. The second kappa shape index (κ2) is 8.39. The van der Waals surface area contributed by atoms with Gasteiger partial charge in [0.2, 0.25) is 5.91 Å². The minimum Gasteiger partial charge on any atom is -0.441 e. The molecule has 3 rings (SSSR count). The fourth-order valence-electron chi connectivity index (χ4n) is 2.38. The molecule has 0 fully saturated rings. The molecule has 0 aliphatic rings. The molecule has 0 atom stereocenters. The molecule has 3 aromatic rings. The number of anilines is 1. The number of amides is 1. The first-order valence-corrected chi connectivity index (χ1v) is 8.05. The van der Waals surface area contributed by atoms with Gasteiger partial charge in [0.1, 0.15) is 11.6 Å². The van der Waals surface area contributed by atoms with Crippen LogP contribution in [0.3, 0.4) is 0 Å². The molecule has 140 valence electrons. The Balaban J connectivity index is 1.53. The number of ether oxygens (including phenoxy) is 1. The standard InChI is InChI=1S/C19H15F3N2O3/c20-15-4-2-1-3-14(15)16-11-23-18(27-16)10-9-17(25)24-12-5-7-13(8-6-12)26-19(21)22/h1-8,11,19H,9-10H2,(H,24,25). The Labute approximate surface area is 152 Å². The van der Waals surface area contributed by atoms with Crippen LogP contribution in [0.25, 0.3) is 11.3 Å². The van der Waals surface area contributed by atoms with E-state index in [2.05, 4.69) is 15.0 Å². The Morgan fingerprint density at radius 1 is 1.15 bits per heavy atom. The van der Waals surface area contributed by atoms with Crippen molar-refractivity contribution in [2.24, 2.45) is 0 Å². The normalized spacial score (nSPS) is 10.8. The van der Waals surface area contributed by atoms with Crippen molar-refractivity contribution in [3.05, 3.63) is 66.4 Å². The number of hydrogen-bond acceptors (Lipinski definition) is 4. The lowest BCUT2D eigenvalue weighted by molar-refractivity contribution is -0.116. The molecular weight excluding hydrogens is 361 g/mol. The second-order valence-electron chi connectivity index (χ2n) is 5.55. The number of nitrogens with one attached hydrogen (secondary N) is 1. The zero-order valence-corrected chi connectivity index (χ0v) is 14.0. The quantitative estimate of drug-likeness (QED) is 0.652. The van der Waals surface area contributed by atoms with Gasteiger partial charge in [0, 0.05) is 18.5 Å². The highest BCUT2D eigenvalue weighted by molar-refractivity contribution is 5.90. The van der Waals surface area contributed by atoms with Gasteiger partial charge in [-0.25, -0.2) is 9.37 Å². The number of oxazole rings is 1. The second-order valence-corrected chi connectivity index (χ2v) is 5.55. The SMILES string of the molecule is O=C(CCc1ncc(-c2ccccc2F)o1)Nc1ccc(OC(F)F)cc1. The molecule has 0 aliphatic heterocycles. The fraction of sp³-hybridized carbons (Fsp3) is 0.158. The molecule has 0 aliphatic carbocycles. The summed E-state index contributed by atoms with van der Waals surface area (Å²) in [5.74, 6) is -0.119. The molecule has 8 heteroatoms. The average molecular weight is 376 g/mol. The first-order chi connectivity index (χ1) is 13.0. The summed E-state index contributed by atoms with van der Waals surface area (Å²) in [6, 6.07) is 11.7. The number of rotatable bonds is 7. The van der Waals surface area contributed by atoms with E-state index in [0.29, 0.717) is 17.1 Å². The van der Waals surface area contributed by atoms with Crippen LogP contribution >= 0.6 is 0 Å². The predicted octanol–water partition coefficient (Wildman–Crippen LogP) is 4.65. The van der Waals surface area contributed by atoms with Crippen LogP contribution < -0.4 is 10.1 Å². The topological polar surface area (TPSA) is 64.4 Å². The number of carbonyl (C=O) groups excluding carboxylic acids is 1. The lowest BCUT2D eigenvalue weighted by Crippen LogP contribution is -2.12. The number of benzene rings is 2. The highest BCUT2D eigenvalue weighted by Gasteiger charge is 2.12. The van der Waals surface area contributed by atoms with Crippen LogP contribution in [0, 0.1) is 5.82 Å². The van der Waals surface area contributed by atoms with Crippen molar-refractivity contribution in [2.45, 2.75) is 19.5 Å². The Bertz CT molecular complexity index is 911. The Morgan fingerprint density at radius 2 is 1.89 bits per heavy atom.